The molecular weight excluding hydrogens is 436 g/mol. The van der Waals surface area contributed by atoms with Crippen molar-refractivity contribution in [3.05, 3.63) is 0 Å². The average Bonchev–Trinajstić information content (AvgIpc) is 2.81. The van der Waals surface area contributed by atoms with Crippen LogP contribution in [0.25, 0.3) is 0 Å². The number of guanidine groups is 1. The van der Waals surface area contributed by atoms with Crippen LogP contribution in [0.2, 0.25) is 0 Å². The molecule has 0 saturated carbocycles. The fourth-order valence-corrected chi connectivity index (χ4v) is 2.55. The summed E-state index contributed by atoms with van der Waals surface area (Å²) in [6, 6.07) is 0.843. The molecule has 2 unspecified atom stereocenters. The third-order valence-corrected chi connectivity index (χ3v) is 3.94. The van der Waals surface area contributed by atoms with Gasteiger partial charge in [-0.05, 0) is 26.2 Å². The van der Waals surface area contributed by atoms with E-state index >= 15 is 0 Å². The van der Waals surface area contributed by atoms with Crippen molar-refractivity contribution in [3.63, 3.8) is 0 Å². The van der Waals surface area contributed by atoms with Gasteiger partial charge in [0, 0.05) is 45.4 Å². The van der Waals surface area contributed by atoms with Crippen molar-refractivity contribution in [2.75, 3.05) is 39.9 Å². The van der Waals surface area contributed by atoms with Gasteiger partial charge in [-0.2, -0.15) is 13.2 Å². The Morgan fingerprint density at radius 3 is 2.50 bits per heavy atom. The number of halogens is 4. The molecule has 0 aromatic rings. The lowest BCUT2D eigenvalue weighted by molar-refractivity contribution is -0.173. The van der Waals surface area contributed by atoms with Crippen LogP contribution in [0.5, 0.6) is 0 Å². The molecule has 5 nitrogen and oxygen atoms in total. The van der Waals surface area contributed by atoms with Gasteiger partial charge in [0.05, 0.1) is 0 Å². The third kappa shape index (κ3) is 9.26. The zero-order valence-corrected chi connectivity index (χ0v) is 17.1. The highest BCUT2D eigenvalue weighted by atomic mass is 127. The van der Waals surface area contributed by atoms with Crippen molar-refractivity contribution in [2.45, 2.75) is 45.5 Å². The normalized spacial score (nSPS) is 22.6. The van der Waals surface area contributed by atoms with Gasteiger partial charge in [-0.1, -0.05) is 6.92 Å². The number of nitrogens with zero attached hydrogens (tertiary/aromatic N) is 2. The molecule has 0 amide bonds. The van der Waals surface area contributed by atoms with Gasteiger partial charge < -0.3 is 15.4 Å². The maximum absolute atomic E-state index is 11.9. The molecule has 1 aliphatic heterocycles. The van der Waals surface area contributed by atoms with Crippen LogP contribution in [0.4, 0.5) is 13.2 Å². The Kier molecular flexibility index (Phi) is 11.2. The molecule has 1 aliphatic rings. The summed E-state index contributed by atoms with van der Waals surface area (Å²) < 4.78 is 40.4. The van der Waals surface area contributed by atoms with Gasteiger partial charge >= 0.3 is 6.18 Å². The number of rotatable bonds is 7. The number of ether oxygens (including phenoxy) is 1. The minimum Gasteiger partial charge on any atom is -0.372 e. The van der Waals surface area contributed by atoms with Crippen LogP contribution in [0, 0.1) is 5.92 Å². The quantitative estimate of drug-likeness (QED) is 0.262. The van der Waals surface area contributed by atoms with E-state index in [4.69, 9.17) is 0 Å². The zero-order chi connectivity index (χ0) is 17.5. The Bertz CT molecular complexity index is 380. The molecule has 0 radical (unpaired) electrons. The maximum Gasteiger partial charge on any atom is 0.411 e. The molecule has 1 fully saturated rings. The summed E-state index contributed by atoms with van der Waals surface area (Å²) in [5, 5.41) is 6.51. The number of hydrogen-bond donors (Lipinski definition) is 2. The Balaban J connectivity index is 0.00000529. The van der Waals surface area contributed by atoms with Crippen LogP contribution >= 0.6 is 24.0 Å². The second-order valence-corrected chi connectivity index (χ2v) is 6.30. The summed E-state index contributed by atoms with van der Waals surface area (Å²) in [4.78, 5) is 6.59. The smallest absolute Gasteiger partial charge is 0.372 e. The molecule has 0 aromatic heterocycles. The van der Waals surface area contributed by atoms with Crippen molar-refractivity contribution in [1.82, 2.24) is 15.5 Å². The van der Waals surface area contributed by atoms with Gasteiger partial charge in [-0.25, -0.2) is 0 Å². The molecular formula is C15H30F3IN4O. The summed E-state index contributed by atoms with van der Waals surface area (Å²) in [6.07, 6.45) is -3.76. The predicted octanol–water partition coefficient (Wildman–Crippen LogP) is 2.47. The van der Waals surface area contributed by atoms with Gasteiger partial charge in [0.2, 0.25) is 0 Å². The Hall–Kier alpha value is -0.290. The number of nitrogens with one attached hydrogen (secondary N) is 2. The number of alkyl halides is 3. The topological polar surface area (TPSA) is 48.9 Å². The lowest BCUT2D eigenvalue weighted by atomic mass is 10.1. The number of hydrogen-bond acceptors (Lipinski definition) is 3. The average molecular weight is 466 g/mol. The Labute approximate surface area is 159 Å². The van der Waals surface area contributed by atoms with E-state index < -0.39 is 12.8 Å². The minimum atomic E-state index is -4.26. The van der Waals surface area contributed by atoms with Crippen LogP contribution in [0.15, 0.2) is 4.99 Å². The molecule has 2 N–H and O–H groups in total. The van der Waals surface area contributed by atoms with E-state index in [0.29, 0.717) is 36.9 Å². The van der Waals surface area contributed by atoms with E-state index in [-0.39, 0.29) is 30.6 Å². The molecule has 144 valence electrons. The van der Waals surface area contributed by atoms with Crippen LogP contribution in [-0.4, -0.2) is 69.0 Å². The summed E-state index contributed by atoms with van der Waals surface area (Å²) in [7, 11) is 1.69. The predicted molar refractivity (Wildman–Crippen MR) is 101 cm³/mol. The third-order valence-electron chi connectivity index (χ3n) is 3.94. The SMILES string of the molecule is CN=C(NCCCOCC(F)(F)F)NC1CN(C(C)C)CC1C.I. The first-order valence-electron chi connectivity index (χ1n) is 8.08. The van der Waals surface area contributed by atoms with Crippen LogP contribution in [0.1, 0.15) is 27.2 Å². The van der Waals surface area contributed by atoms with Crippen molar-refractivity contribution < 1.29 is 17.9 Å². The maximum atomic E-state index is 11.9. The van der Waals surface area contributed by atoms with Gasteiger partial charge in [0.1, 0.15) is 6.61 Å². The van der Waals surface area contributed by atoms with Gasteiger partial charge in [0.25, 0.3) is 0 Å². The molecule has 2 atom stereocenters. The molecule has 0 spiro atoms. The largest absolute Gasteiger partial charge is 0.411 e. The monoisotopic (exact) mass is 466 g/mol. The number of likely N-dealkylation sites (tertiary alicyclic amines) is 1. The fraction of sp³-hybridized carbons (Fsp3) is 0.933. The van der Waals surface area contributed by atoms with Gasteiger partial charge in [-0.15, -0.1) is 24.0 Å². The Morgan fingerprint density at radius 1 is 1.33 bits per heavy atom. The standard InChI is InChI=1S/C15H29F3N4O.HI/c1-11(2)22-8-12(3)13(9-22)21-14(19-4)20-6-5-7-23-10-15(16,17)18;/h11-13H,5-10H2,1-4H3,(H2,19,20,21);1H. The first kappa shape index (κ1) is 23.7. The minimum absolute atomic E-state index is 0. The highest BCUT2D eigenvalue weighted by Crippen LogP contribution is 2.18. The lowest BCUT2D eigenvalue weighted by Gasteiger charge is -2.22. The van der Waals surface area contributed by atoms with E-state index in [0.717, 1.165) is 13.1 Å². The van der Waals surface area contributed by atoms with E-state index in [2.05, 4.69) is 46.0 Å². The second-order valence-electron chi connectivity index (χ2n) is 6.30. The molecule has 1 rings (SSSR count). The first-order chi connectivity index (χ1) is 10.7. The highest BCUT2D eigenvalue weighted by molar-refractivity contribution is 14.0. The van der Waals surface area contributed by atoms with Gasteiger partial charge in [-0.3, -0.25) is 9.89 Å². The highest BCUT2D eigenvalue weighted by Gasteiger charge is 2.31. The van der Waals surface area contributed by atoms with Crippen molar-refractivity contribution in [1.29, 1.82) is 0 Å². The van der Waals surface area contributed by atoms with E-state index in [9.17, 15) is 13.2 Å². The fourth-order valence-electron chi connectivity index (χ4n) is 2.55. The van der Waals surface area contributed by atoms with Crippen LogP contribution < -0.4 is 10.6 Å². The second kappa shape index (κ2) is 11.3. The summed E-state index contributed by atoms with van der Waals surface area (Å²) in [5.41, 5.74) is 0. The van der Waals surface area contributed by atoms with Crippen molar-refractivity contribution >= 4 is 29.9 Å². The van der Waals surface area contributed by atoms with Crippen LogP contribution in [-0.2, 0) is 4.74 Å². The summed E-state index contributed by atoms with van der Waals surface area (Å²) >= 11 is 0. The first-order valence-corrected chi connectivity index (χ1v) is 8.08. The summed E-state index contributed by atoms with van der Waals surface area (Å²) in [5.74, 6) is 1.20. The molecule has 1 saturated heterocycles. The molecule has 0 aromatic carbocycles. The van der Waals surface area contributed by atoms with Crippen LogP contribution in [0.3, 0.4) is 0 Å². The van der Waals surface area contributed by atoms with Crippen molar-refractivity contribution in [2.24, 2.45) is 10.9 Å². The van der Waals surface area contributed by atoms with E-state index in [1.165, 1.54) is 0 Å². The van der Waals surface area contributed by atoms with E-state index in [1.54, 1.807) is 7.05 Å². The molecule has 0 bridgehead atoms. The zero-order valence-electron chi connectivity index (χ0n) is 14.8. The van der Waals surface area contributed by atoms with Crippen molar-refractivity contribution in [3.8, 4) is 0 Å². The lowest BCUT2D eigenvalue weighted by Crippen LogP contribution is -2.47. The Morgan fingerprint density at radius 2 is 2.00 bits per heavy atom. The van der Waals surface area contributed by atoms with Gasteiger partial charge in [0.15, 0.2) is 5.96 Å². The number of aliphatic imine (C=N–C) groups is 1. The summed E-state index contributed by atoms with van der Waals surface area (Å²) in [6.45, 7) is 8.00. The molecule has 1 heterocycles. The molecule has 0 aliphatic carbocycles. The molecule has 9 heteroatoms. The molecule has 24 heavy (non-hydrogen) atoms. The van der Waals surface area contributed by atoms with E-state index in [1.807, 2.05) is 0 Å².